The highest BCUT2D eigenvalue weighted by Gasteiger charge is 2.37. The van der Waals surface area contributed by atoms with Crippen LogP contribution < -0.4 is 0 Å². The zero-order valence-corrected chi connectivity index (χ0v) is 17.1. The fourth-order valence-corrected chi connectivity index (χ4v) is 5.01. The number of nitrogens with zero attached hydrogens (tertiary/aromatic N) is 1. The number of aliphatic hydroxyl groups is 1. The number of halogens is 1. The van der Waals surface area contributed by atoms with Crippen molar-refractivity contribution in [2.75, 3.05) is 6.61 Å². The maximum atomic E-state index is 13.3. The van der Waals surface area contributed by atoms with Gasteiger partial charge in [0.15, 0.2) is 0 Å². The molecule has 0 spiro atoms. The second kappa shape index (κ2) is 7.02. The van der Waals surface area contributed by atoms with Gasteiger partial charge in [0.1, 0.15) is 6.61 Å². The number of hydrogen-bond donors (Lipinski definition) is 1. The molecule has 2 unspecified atom stereocenters. The van der Waals surface area contributed by atoms with E-state index in [-0.39, 0.29) is 17.1 Å². The number of carbonyl (C=O) groups excluding carboxylic acids is 1. The Labute approximate surface area is 173 Å². The number of cyclic esters (lactones) is 1. The Kier molecular flexibility index (Phi) is 4.77. The van der Waals surface area contributed by atoms with Crippen LogP contribution in [0.1, 0.15) is 17.2 Å². The zero-order valence-electron chi connectivity index (χ0n) is 15.5. The first kappa shape index (κ1) is 19.7. The van der Waals surface area contributed by atoms with Gasteiger partial charge in [0.2, 0.25) is 0 Å². The van der Waals surface area contributed by atoms with Crippen LogP contribution in [0.4, 0.5) is 0 Å². The highest BCUT2D eigenvalue weighted by Crippen LogP contribution is 2.38. The van der Waals surface area contributed by atoms with Crippen LogP contribution in [0.15, 0.2) is 65.7 Å². The van der Waals surface area contributed by atoms with Crippen molar-refractivity contribution in [3.63, 3.8) is 0 Å². The van der Waals surface area contributed by atoms with Gasteiger partial charge >= 0.3 is 5.97 Å². The van der Waals surface area contributed by atoms with Crippen LogP contribution in [0.25, 0.3) is 10.9 Å². The normalized spacial score (nSPS) is 18.2. The average molecular weight is 432 g/mol. The summed E-state index contributed by atoms with van der Waals surface area (Å²) in [6.07, 6.45) is 0.195. The SMILES string of the molecule is C=C1C(=O)OCC1C(O)c1cn(S(=O)(=O)c2ccc(C)cc2)c2ccc(Cl)cc12. The van der Waals surface area contributed by atoms with Gasteiger partial charge in [-0.1, -0.05) is 35.9 Å². The summed E-state index contributed by atoms with van der Waals surface area (Å²) in [4.78, 5) is 11.8. The number of aliphatic hydroxyl groups excluding tert-OH is 1. The fourth-order valence-electron chi connectivity index (χ4n) is 3.46. The predicted molar refractivity (Wildman–Crippen MR) is 109 cm³/mol. The van der Waals surface area contributed by atoms with E-state index in [1.807, 2.05) is 6.92 Å². The van der Waals surface area contributed by atoms with Crippen molar-refractivity contribution in [2.24, 2.45) is 5.92 Å². The number of fused-ring (bicyclic) bond motifs is 1. The van der Waals surface area contributed by atoms with E-state index in [1.54, 1.807) is 30.3 Å². The topological polar surface area (TPSA) is 85.6 Å². The second-order valence-electron chi connectivity index (χ2n) is 7.03. The van der Waals surface area contributed by atoms with Crippen LogP contribution in [0.3, 0.4) is 0 Å². The second-order valence-corrected chi connectivity index (χ2v) is 9.29. The molecule has 29 heavy (non-hydrogen) atoms. The third kappa shape index (κ3) is 3.25. The van der Waals surface area contributed by atoms with Crippen LogP contribution in [0, 0.1) is 12.8 Å². The molecule has 1 aliphatic rings. The molecule has 1 fully saturated rings. The Morgan fingerprint density at radius 2 is 1.93 bits per heavy atom. The Bertz CT molecular complexity index is 1240. The molecule has 0 radical (unpaired) electrons. The zero-order chi connectivity index (χ0) is 20.9. The van der Waals surface area contributed by atoms with Gasteiger partial charge in [0, 0.05) is 27.7 Å². The molecule has 1 aromatic heterocycles. The molecule has 3 aromatic rings. The molecule has 2 atom stereocenters. The summed E-state index contributed by atoms with van der Waals surface area (Å²) in [5.41, 5.74) is 1.80. The Morgan fingerprint density at radius 1 is 1.24 bits per heavy atom. The van der Waals surface area contributed by atoms with Crippen molar-refractivity contribution >= 4 is 38.5 Å². The van der Waals surface area contributed by atoms with Crippen molar-refractivity contribution in [3.8, 4) is 0 Å². The quantitative estimate of drug-likeness (QED) is 0.504. The molecular formula is C21H18ClNO5S. The smallest absolute Gasteiger partial charge is 0.333 e. The lowest BCUT2D eigenvalue weighted by atomic mass is 9.92. The maximum absolute atomic E-state index is 13.3. The first-order valence-electron chi connectivity index (χ1n) is 8.87. The van der Waals surface area contributed by atoms with E-state index in [2.05, 4.69) is 6.58 Å². The number of carbonyl (C=O) groups is 1. The molecule has 8 heteroatoms. The Hall–Kier alpha value is -2.61. The Morgan fingerprint density at radius 3 is 2.55 bits per heavy atom. The first-order valence-corrected chi connectivity index (χ1v) is 10.7. The lowest BCUT2D eigenvalue weighted by Crippen LogP contribution is -2.15. The molecule has 150 valence electrons. The minimum atomic E-state index is -3.91. The molecule has 1 saturated heterocycles. The highest BCUT2D eigenvalue weighted by atomic mass is 35.5. The van der Waals surface area contributed by atoms with E-state index >= 15 is 0 Å². The summed E-state index contributed by atoms with van der Waals surface area (Å²) >= 11 is 6.13. The van der Waals surface area contributed by atoms with Crippen LogP contribution in [0.2, 0.25) is 5.02 Å². The summed E-state index contributed by atoms with van der Waals surface area (Å²) in [6.45, 7) is 5.54. The third-order valence-corrected chi connectivity index (χ3v) is 7.07. The van der Waals surface area contributed by atoms with Gasteiger partial charge in [0.05, 0.1) is 22.4 Å². The van der Waals surface area contributed by atoms with Gasteiger partial charge in [-0.3, -0.25) is 0 Å². The van der Waals surface area contributed by atoms with E-state index < -0.39 is 28.0 Å². The van der Waals surface area contributed by atoms with Gasteiger partial charge in [-0.2, -0.15) is 0 Å². The van der Waals surface area contributed by atoms with Crippen LogP contribution in [0.5, 0.6) is 0 Å². The third-order valence-electron chi connectivity index (χ3n) is 5.14. The lowest BCUT2D eigenvalue weighted by Gasteiger charge is -2.15. The maximum Gasteiger partial charge on any atom is 0.333 e. The summed E-state index contributed by atoms with van der Waals surface area (Å²) < 4.78 is 32.6. The number of aromatic nitrogens is 1. The molecule has 2 heterocycles. The van der Waals surface area contributed by atoms with Crippen molar-refractivity contribution in [2.45, 2.75) is 17.9 Å². The first-order chi connectivity index (χ1) is 13.7. The summed E-state index contributed by atoms with van der Waals surface area (Å²) in [6, 6.07) is 11.3. The van der Waals surface area contributed by atoms with Crippen LogP contribution >= 0.6 is 11.6 Å². The van der Waals surface area contributed by atoms with E-state index in [0.29, 0.717) is 21.5 Å². The van der Waals surface area contributed by atoms with E-state index in [4.69, 9.17) is 16.3 Å². The molecule has 1 aliphatic heterocycles. The fraction of sp³-hybridized carbons (Fsp3) is 0.190. The summed E-state index contributed by atoms with van der Waals surface area (Å²) in [5, 5.41) is 11.8. The van der Waals surface area contributed by atoms with Gasteiger partial charge in [-0.25, -0.2) is 17.2 Å². The highest BCUT2D eigenvalue weighted by molar-refractivity contribution is 7.90. The molecule has 1 N–H and O–H groups in total. The van der Waals surface area contributed by atoms with Gasteiger partial charge in [-0.05, 0) is 37.3 Å². The van der Waals surface area contributed by atoms with Gasteiger partial charge < -0.3 is 9.84 Å². The monoisotopic (exact) mass is 431 g/mol. The average Bonchev–Trinajstić information content (AvgIpc) is 3.22. The molecule has 0 amide bonds. The number of ether oxygens (including phenoxy) is 1. The standard InChI is InChI=1S/C21H18ClNO5S/c1-12-3-6-15(7-4-12)29(26,27)23-10-17(16-9-14(22)5-8-19(16)23)20(24)18-11-28-21(25)13(18)2/h3-10,18,20,24H,2,11H2,1H3. The van der Waals surface area contributed by atoms with Crippen molar-refractivity contribution in [3.05, 3.63) is 77.0 Å². The molecule has 0 aliphatic carbocycles. The van der Waals surface area contributed by atoms with Gasteiger partial charge in [-0.15, -0.1) is 0 Å². The van der Waals surface area contributed by atoms with E-state index in [1.165, 1.54) is 18.3 Å². The number of aryl methyl sites for hydroxylation is 1. The summed E-state index contributed by atoms with van der Waals surface area (Å²) in [5.74, 6) is -1.23. The molecule has 0 saturated carbocycles. The Balaban J connectivity index is 1.90. The predicted octanol–water partition coefficient (Wildman–Crippen LogP) is 3.60. The van der Waals surface area contributed by atoms with Crippen LogP contribution in [-0.4, -0.2) is 30.1 Å². The number of esters is 1. The van der Waals surface area contributed by atoms with Gasteiger partial charge in [0.25, 0.3) is 10.0 Å². The van der Waals surface area contributed by atoms with E-state index in [0.717, 1.165) is 9.54 Å². The minimum Gasteiger partial charge on any atom is -0.462 e. The minimum absolute atomic E-state index is 0.0171. The molecule has 0 bridgehead atoms. The van der Waals surface area contributed by atoms with Crippen molar-refractivity contribution in [1.82, 2.24) is 3.97 Å². The number of rotatable bonds is 4. The number of benzene rings is 2. The van der Waals surface area contributed by atoms with Crippen molar-refractivity contribution < 1.29 is 23.1 Å². The molecule has 6 nitrogen and oxygen atoms in total. The molecule has 4 rings (SSSR count). The summed E-state index contributed by atoms with van der Waals surface area (Å²) in [7, 11) is -3.91. The van der Waals surface area contributed by atoms with E-state index in [9.17, 15) is 18.3 Å². The lowest BCUT2D eigenvalue weighted by molar-refractivity contribution is -0.135. The molecule has 2 aromatic carbocycles. The van der Waals surface area contributed by atoms with Crippen LogP contribution in [-0.2, 0) is 19.6 Å². The molecular weight excluding hydrogens is 414 g/mol. The van der Waals surface area contributed by atoms with Crippen molar-refractivity contribution in [1.29, 1.82) is 0 Å². The largest absolute Gasteiger partial charge is 0.462 e. The number of hydrogen-bond acceptors (Lipinski definition) is 5.